The van der Waals surface area contributed by atoms with Gasteiger partial charge in [0.1, 0.15) is 0 Å². The SMILES string of the molecule is CCC=C(C)C(=O)N(CC)CC1CCNCC1. The van der Waals surface area contributed by atoms with Crippen molar-refractivity contribution < 1.29 is 4.79 Å². The molecule has 1 aliphatic heterocycles. The molecular weight excluding hydrogens is 212 g/mol. The first-order valence-electron chi connectivity index (χ1n) is 6.85. The first-order chi connectivity index (χ1) is 8.19. The zero-order valence-electron chi connectivity index (χ0n) is 11.5. The molecule has 0 saturated carbocycles. The Morgan fingerprint density at radius 2 is 2.00 bits per heavy atom. The average molecular weight is 238 g/mol. The summed E-state index contributed by atoms with van der Waals surface area (Å²) in [6.45, 7) is 10.00. The number of allylic oxidation sites excluding steroid dienone is 1. The van der Waals surface area contributed by atoms with Gasteiger partial charge in [0.25, 0.3) is 0 Å². The Balaban J connectivity index is 2.52. The van der Waals surface area contributed by atoms with Crippen molar-refractivity contribution in [3.63, 3.8) is 0 Å². The maximum absolute atomic E-state index is 12.2. The molecule has 0 aromatic carbocycles. The lowest BCUT2D eigenvalue weighted by Crippen LogP contribution is -2.39. The molecule has 3 heteroatoms. The van der Waals surface area contributed by atoms with Crippen LogP contribution in [0.4, 0.5) is 0 Å². The Hall–Kier alpha value is -0.830. The standard InChI is InChI=1S/C14H26N2O/c1-4-6-12(3)14(17)16(5-2)11-13-7-9-15-10-8-13/h6,13,15H,4-5,7-11H2,1-3H3. The van der Waals surface area contributed by atoms with Crippen LogP contribution >= 0.6 is 0 Å². The second-order valence-corrected chi connectivity index (χ2v) is 4.83. The van der Waals surface area contributed by atoms with E-state index in [1.165, 1.54) is 12.8 Å². The van der Waals surface area contributed by atoms with Crippen molar-refractivity contribution in [2.24, 2.45) is 5.92 Å². The van der Waals surface area contributed by atoms with Gasteiger partial charge in [-0.05, 0) is 52.1 Å². The lowest BCUT2D eigenvalue weighted by Gasteiger charge is -2.29. The smallest absolute Gasteiger partial charge is 0.249 e. The molecule has 1 fully saturated rings. The third kappa shape index (κ3) is 4.50. The molecular formula is C14H26N2O. The van der Waals surface area contributed by atoms with Gasteiger partial charge in [-0.25, -0.2) is 0 Å². The van der Waals surface area contributed by atoms with Gasteiger partial charge in [0, 0.05) is 18.7 Å². The largest absolute Gasteiger partial charge is 0.339 e. The van der Waals surface area contributed by atoms with Crippen LogP contribution in [0.25, 0.3) is 0 Å². The van der Waals surface area contributed by atoms with Crippen LogP contribution in [0.15, 0.2) is 11.6 Å². The summed E-state index contributed by atoms with van der Waals surface area (Å²) in [4.78, 5) is 14.2. The Kier molecular flexibility index (Phi) is 6.27. The van der Waals surface area contributed by atoms with E-state index in [0.717, 1.165) is 38.2 Å². The van der Waals surface area contributed by atoms with Crippen molar-refractivity contribution >= 4 is 5.91 Å². The summed E-state index contributed by atoms with van der Waals surface area (Å²) in [6.07, 6.45) is 5.34. The number of nitrogens with zero attached hydrogens (tertiary/aromatic N) is 1. The third-order valence-electron chi connectivity index (χ3n) is 3.45. The van der Waals surface area contributed by atoms with Crippen LogP contribution in [0.3, 0.4) is 0 Å². The first-order valence-corrected chi connectivity index (χ1v) is 6.85. The average Bonchev–Trinajstić information content (AvgIpc) is 2.36. The summed E-state index contributed by atoms with van der Waals surface area (Å²) < 4.78 is 0. The minimum Gasteiger partial charge on any atom is -0.339 e. The van der Waals surface area contributed by atoms with Crippen LogP contribution in [0, 0.1) is 5.92 Å². The first kappa shape index (κ1) is 14.2. The monoisotopic (exact) mass is 238 g/mol. The van der Waals surface area contributed by atoms with E-state index in [2.05, 4.69) is 19.2 Å². The maximum atomic E-state index is 12.2. The van der Waals surface area contributed by atoms with Crippen LogP contribution in [0.5, 0.6) is 0 Å². The summed E-state index contributed by atoms with van der Waals surface area (Å²) in [5, 5.41) is 3.36. The maximum Gasteiger partial charge on any atom is 0.249 e. The van der Waals surface area contributed by atoms with Gasteiger partial charge in [-0.1, -0.05) is 13.0 Å². The summed E-state index contributed by atoms with van der Waals surface area (Å²) in [6, 6.07) is 0. The zero-order valence-corrected chi connectivity index (χ0v) is 11.5. The minimum atomic E-state index is 0.216. The van der Waals surface area contributed by atoms with E-state index in [1.807, 2.05) is 17.9 Å². The van der Waals surface area contributed by atoms with Gasteiger partial charge in [-0.2, -0.15) is 0 Å². The van der Waals surface area contributed by atoms with Gasteiger partial charge in [0.05, 0.1) is 0 Å². The van der Waals surface area contributed by atoms with E-state index in [1.54, 1.807) is 0 Å². The highest BCUT2D eigenvalue weighted by Crippen LogP contribution is 2.15. The summed E-state index contributed by atoms with van der Waals surface area (Å²) in [5.41, 5.74) is 0.892. The molecule has 1 N–H and O–H groups in total. The Bertz CT molecular complexity index is 267. The Morgan fingerprint density at radius 3 is 2.53 bits per heavy atom. The fourth-order valence-electron chi connectivity index (χ4n) is 2.37. The second-order valence-electron chi connectivity index (χ2n) is 4.83. The van der Waals surface area contributed by atoms with E-state index in [9.17, 15) is 4.79 Å². The minimum absolute atomic E-state index is 0.216. The lowest BCUT2D eigenvalue weighted by molar-refractivity contribution is -0.127. The van der Waals surface area contributed by atoms with Gasteiger partial charge >= 0.3 is 0 Å². The van der Waals surface area contributed by atoms with Gasteiger partial charge in [-0.3, -0.25) is 4.79 Å². The van der Waals surface area contributed by atoms with Crippen molar-refractivity contribution in [3.05, 3.63) is 11.6 Å². The number of hydrogen-bond donors (Lipinski definition) is 1. The number of amides is 1. The van der Waals surface area contributed by atoms with Crippen LogP contribution in [-0.2, 0) is 4.79 Å². The van der Waals surface area contributed by atoms with E-state index < -0.39 is 0 Å². The number of hydrogen-bond acceptors (Lipinski definition) is 2. The quantitative estimate of drug-likeness (QED) is 0.745. The number of piperidine rings is 1. The van der Waals surface area contributed by atoms with Crippen molar-refractivity contribution in [3.8, 4) is 0 Å². The molecule has 98 valence electrons. The van der Waals surface area contributed by atoms with Crippen molar-refractivity contribution in [2.75, 3.05) is 26.2 Å². The predicted octanol–water partition coefficient (Wildman–Crippen LogP) is 2.19. The molecule has 0 aromatic rings. The summed E-state index contributed by atoms with van der Waals surface area (Å²) in [7, 11) is 0. The molecule has 17 heavy (non-hydrogen) atoms. The predicted molar refractivity (Wildman–Crippen MR) is 71.9 cm³/mol. The fraction of sp³-hybridized carbons (Fsp3) is 0.786. The molecule has 0 atom stereocenters. The van der Waals surface area contributed by atoms with Crippen molar-refractivity contribution in [1.82, 2.24) is 10.2 Å². The molecule has 0 aromatic heterocycles. The van der Waals surface area contributed by atoms with E-state index in [4.69, 9.17) is 0 Å². The molecule has 3 nitrogen and oxygen atoms in total. The molecule has 0 aliphatic carbocycles. The molecule has 0 bridgehead atoms. The highest BCUT2D eigenvalue weighted by Gasteiger charge is 2.20. The summed E-state index contributed by atoms with van der Waals surface area (Å²) in [5.74, 6) is 0.891. The highest BCUT2D eigenvalue weighted by atomic mass is 16.2. The molecule has 0 unspecified atom stereocenters. The molecule has 1 aliphatic rings. The van der Waals surface area contributed by atoms with Crippen molar-refractivity contribution in [1.29, 1.82) is 0 Å². The summed E-state index contributed by atoms with van der Waals surface area (Å²) >= 11 is 0. The molecule has 1 rings (SSSR count). The Morgan fingerprint density at radius 1 is 1.35 bits per heavy atom. The van der Waals surface area contributed by atoms with Crippen LogP contribution in [0.1, 0.15) is 40.0 Å². The molecule has 1 amide bonds. The van der Waals surface area contributed by atoms with E-state index in [0.29, 0.717) is 5.92 Å². The number of carbonyl (C=O) groups excluding carboxylic acids is 1. The number of nitrogens with one attached hydrogen (secondary N) is 1. The second kappa shape index (κ2) is 7.49. The number of carbonyl (C=O) groups is 1. The van der Waals surface area contributed by atoms with Gasteiger partial charge in [-0.15, -0.1) is 0 Å². The number of likely N-dealkylation sites (N-methyl/N-ethyl adjacent to an activating group) is 1. The molecule has 1 saturated heterocycles. The Labute approximate surface area is 105 Å². The molecule has 0 radical (unpaired) electrons. The van der Waals surface area contributed by atoms with Gasteiger partial charge in [0.15, 0.2) is 0 Å². The van der Waals surface area contributed by atoms with Gasteiger partial charge in [0.2, 0.25) is 5.91 Å². The molecule has 0 spiro atoms. The van der Waals surface area contributed by atoms with Crippen molar-refractivity contribution in [2.45, 2.75) is 40.0 Å². The highest BCUT2D eigenvalue weighted by molar-refractivity contribution is 5.92. The molecule has 1 heterocycles. The van der Waals surface area contributed by atoms with Crippen LogP contribution in [-0.4, -0.2) is 37.0 Å². The number of rotatable bonds is 5. The zero-order chi connectivity index (χ0) is 12.7. The normalized spacial score (nSPS) is 18.2. The van der Waals surface area contributed by atoms with E-state index >= 15 is 0 Å². The van der Waals surface area contributed by atoms with Crippen LogP contribution in [0.2, 0.25) is 0 Å². The topological polar surface area (TPSA) is 32.3 Å². The lowest BCUT2D eigenvalue weighted by atomic mass is 9.97. The third-order valence-corrected chi connectivity index (χ3v) is 3.45. The van der Waals surface area contributed by atoms with E-state index in [-0.39, 0.29) is 5.91 Å². The van der Waals surface area contributed by atoms with Crippen LogP contribution < -0.4 is 5.32 Å². The fourth-order valence-corrected chi connectivity index (χ4v) is 2.37. The van der Waals surface area contributed by atoms with Gasteiger partial charge < -0.3 is 10.2 Å².